The van der Waals surface area contributed by atoms with Gasteiger partial charge >= 0.3 is 22.7 Å². The van der Waals surface area contributed by atoms with Crippen LogP contribution in [-0.2, 0) is 58.0 Å². The second-order valence-electron chi connectivity index (χ2n) is 23.2. The number of imidazole rings is 3. The fourth-order valence-corrected chi connectivity index (χ4v) is 13.9. The number of carbonyl (C=O) groups excluding carboxylic acids is 4. The minimum Gasteiger partial charge on any atom is -0.394 e. The Morgan fingerprint density at radius 1 is 0.578 bits per heavy atom. The number of aromatic nitrogens is 12. The molecular formula is C66H67F6N16O17P3S+2. The number of rotatable bonds is 26. The maximum absolute atomic E-state index is 16.6. The third-order valence-corrected chi connectivity index (χ3v) is 18.8. The highest BCUT2D eigenvalue weighted by Crippen LogP contribution is 2.52. The van der Waals surface area contributed by atoms with Gasteiger partial charge in [-0.25, -0.2) is 58.0 Å². The quantitative estimate of drug-likeness (QED) is 0.0223. The molecule has 3 aromatic carbocycles. The summed E-state index contributed by atoms with van der Waals surface area (Å²) in [7, 11) is -6.47. The van der Waals surface area contributed by atoms with Crippen LogP contribution in [0.25, 0.3) is 33.5 Å². The standard InChI is InChI=1S/C41H40F2N10O10P2S.C20H19FN5O6P.C3H3F3O.C2H3N/c1-4-16-50(38(55)24-12-8-6-9-13-24)34-30-36(46-20-44-34)52(22-48-30)40-28(42)32(62-64(57)58)27(61-40)19-59-65(3,66)63-33-26(18-54)60-41(29(33)43)53-23-49-31-35(45-21-47-37(31)53)51(17-5-2)39(56)25-14-10-7-11-15-25;1-2-8-25(19(28)12-6-4-3-5-7-12)17-15-18(23-10-22-17)26(11-24-15)20-14(21)16(32-33(29)30)13(9-27)31-20;1-2(7)3(4,5)6;1-2-3/h4-15,20-23,26-29,32-33,40-41,54H,1-2,16-19H2,3H3;2-7,10-11,13-14,16,20,27H,1,8-9H2;1H3;1H3/p+2/t26-,27-,28-,29-,32-,33-,40-,41-,65?;13-,14-,16-,20-;;/m11../s1. The molecular weight excluding hydrogens is 1530 g/mol. The number of Topliss-reactive ketones (excluding diaryl/α,β-unsaturated/α-hetero) is 1. The summed E-state index contributed by atoms with van der Waals surface area (Å²) < 4.78 is 147. The lowest BCUT2D eigenvalue weighted by atomic mass is 10.1. The van der Waals surface area contributed by atoms with Crippen molar-refractivity contribution in [2.75, 3.05) is 60.8 Å². The van der Waals surface area contributed by atoms with Crippen LogP contribution in [0.5, 0.6) is 0 Å². The number of aliphatic hydroxyl groups excluding tert-OH is 2. The number of fused-ring (bicyclic) bond motifs is 3. The summed E-state index contributed by atoms with van der Waals surface area (Å²) in [6, 6.07) is 27.3. The molecule has 12 rings (SSSR count). The fourth-order valence-electron chi connectivity index (χ4n) is 11.3. The highest BCUT2D eigenvalue weighted by molar-refractivity contribution is 8.09. The van der Waals surface area contributed by atoms with Crippen LogP contribution in [0.4, 0.5) is 43.8 Å². The highest BCUT2D eigenvalue weighted by Gasteiger charge is 2.55. The maximum atomic E-state index is 16.6. The largest absolute Gasteiger partial charge is 0.695 e. The predicted molar refractivity (Wildman–Crippen MR) is 380 cm³/mol. The molecule has 0 aliphatic carbocycles. The number of benzene rings is 3. The van der Waals surface area contributed by atoms with E-state index in [4.69, 9.17) is 54.3 Å². The summed E-state index contributed by atoms with van der Waals surface area (Å²) in [5.74, 6) is -2.47. The predicted octanol–water partition coefficient (Wildman–Crippen LogP) is 8.76. The molecule has 574 valence electrons. The molecule has 43 heteroatoms. The van der Waals surface area contributed by atoms with Gasteiger partial charge in [0.1, 0.15) is 43.4 Å². The Balaban J connectivity index is 0.000000263. The lowest BCUT2D eigenvalue weighted by Crippen LogP contribution is -2.34. The smallest absolute Gasteiger partial charge is 0.394 e. The Morgan fingerprint density at radius 3 is 1.17 bits per heavy atom. The van der Waals surface area contributed by atoms with Crippen LogP contribution < -0.4 is 14.7 Å². The van der Waals surface area contributed by atoms with Crippen LogP contribution in [0, 0.1) is 11.3 Å². The number of hydrogen-bond donors (Lipinski definition) is 4. The molecule has 0 bridgehead atoms. The van der Waals surface area contributed by atoms with E-state index in [1.54, 1.807) is 97.1 Å². The van der Waals surface area contributed by atoms with Crippen LogP contribution in [0.2, 0.25) is 0 Å². The van der Waals surface area contributed by atoms with Gasteiger partial charge in [0, 0.05) is 66.0 Å². The molecule has 0 spiro atoms. The fraction of sp³-hybridized carbons (Fsp3) is 0.333. The van der Waals surface area contributed by atoms with Crippen LogP contribution in [0.1, 0.15) is 63.6 Å². The Hall–Kier alpha value is -9.91. The molecule has 3 fully saturated rings. The van der Waals surface area contributed by atoms with E-state index in [0.717, 1.165) is 0 Å². The number of nitriles is 1. The molecule has 9 aromatic rings. The van der Waals surface area contributed by atoms with Gasteiger partial charge in [-0.3, -0.25) is 47.6 Å². The van der Waals surface area contributed by atoms with E-state index >= 15 is 13.2 Å². The number of carbonyl (C=O) groups is 4. The van der Waals surface area contributed by atoms with Crippen molar-refractivity contribution in [2.24, 2.45) is 0 Å². The van der Waals surface area contributed by atoms with Gasteiger partial charge in [-0.1, -0.05) is 72.8 Å². The normalized spacial score (nSPS) is 22.3. The Kier molecular flexibility index (Phi) is 28.6. The van der Waals surface area contributed by atoms with Crippen molar-refractivity contribution in [2.45, 2.75) is 93.8 Å². The van der Waals surface area contributed by atoms with Gasteiger partial charge in [0.2, 0.25) is 5.78 Å². The third kappa shape index (κ3) is 19.2. The van der Waals surface area contributed by atoms with Crippen molar-refractivity contribution in [1.29, 1.82) is 5.26 Å². The van der Waals surface area contributed by atoms with Crippen molar-refractivity contribution < 1.29 is 107 Å². The Labute approximate surface area is 621 Å². The Morgan fingerprint density at radius 2 is 0.872 bits per heavy atom. The van der Waals surface area contributed by atoms with E-state index in [2.05, 4.69) is 64.6 Å². The lowest BCUT2D eigenvalue weighted by molar-refractivity contribution is -0.168. The van der Waals surface area contributed by atoms with Crippen LogP contribution in [-0.4, -0.2) is 209 Å². The molecule has 3 amide bonds. The summed E-state index contributed by atoms with van der Waals surface area (Å²) in [4.78, 5) is 111. The van der Waals surface area contributed by atoms with Gasteiger partial charge in [0.05, 0.1) is 44.9 Å². The van der Waals surface area contributed by atoms with Gasteiger partial charge in [0.15, 0.2) is 107 Å². The topological polar surface area (TPSA) is 412 Å². The average Bonchev–Trinajstić information content (AvgIpc) is 1.63. The van der Waals surface area contributed by atoms with Gasteiger partial charge in [-0.15, -0.1) is 38.6 Å². The first-order chi connectivity index (χ1) is 52.2. The van der Waals surface area contributed by atoms with Crippen molar-refractivity contribution in [3.8, 4) is 6.07 Å². The average molecular weight is 1600 g/mol. The first-order valence-electron chi connectivity index (χ1n) is 32.2. The van der Waals surface area contributed by atoms with Crippen LogP contribution >= 0.6 is 23.0 Å². The first-order valence-corrected chi connectivity index (χ1v) is 37.5. The number of alkyl halides is 6. The molecule has 3 unspecified atom stereocenters. The summed E-state index contributed by atoms with van der Waals surface area (Å²) in [6.07, 6.45) is -11.6. The molecule has 109 heavy (non-hydrogen) atoms. The number of ketones is 1. The molecule has 6 aromatic heterocycles. The van der Waals surface area contributed by atoms with Gasteiger partial charge in [-0.2, -0.15) is 18.4 Å². The molecule has 15 atom stereocenters. The van der Waals surface area contributed by atoms with Crippen molar-refractivity contribution in [1.82, 2.24) is 58.6 Å². The van der Waals surface area contributed by atoms with Gasteiger partial charge < -0.3 is 33.5 Å². The summed E-state index contributed by atoms with van der Waals surface area (Å²) in [5, 5.41) is 27.1. The maximum Gasteiger partial charge on any atom is 0.695 e. The summed E-state index contributed by atoms with van der Waals surface area (Å²) in [5.41, 5.74) is 1.98. The van der Waals surface area contributed by atoms with E-state index in [1.807, 2.05) is 0 Å². The van der Waals surface area contributed by atoms with E-state index in [9.17, 15) is 56.6 Å². The molecule has 0 radical (unpaired) electrons. The zero-order valence-corrected chi connectivity index (χ0v) is 60.9. The number of halogens is 6. The lowest BCUT2D eigenvalue weighted by Gasteiger charge is -2.26. The SMILES string of the molecule is C=CCN(C(=O)c1ccccc1)c1ncnc2c1ncn2[C@@H]1O[C@H](CO)[C@@H](O[P+](=O)O)[C@H]1F.C=CCN(C(=O)c1ccccc1)c1ncnc2c1ncn2[C@@H]1O[C@H](COP(C)(=S)O[C@H]2[C@@H](F)[C@H](n3cnc4c(N(CC=C)C(=O)c5ccccc5)ncnc43)O[C@@H]2CO)[C@@H](O[P+](=O)O)[C@H]1F.CC#N.CC(=O)C(F)(F)F. The zero-order valence-electron chi connectivity index (χ0n) is 57.4. The monoisotopic (exact) mass is 1590 g/mol. The van der Waals surface area contributed by atoms with Crippen molar-refractivity contribution in [3.63, 3.8) is 0 Å². The number of aliphatic hydroxyl groups is 2. The molecule has 33 nitrogen and oxygen atoms in total. The number of nitrogens with zero attached hydrogens (tertiary/aromatic N) is 16. The zero-order chi connectivity index (χ0) is 79.0. The molecule has 3 saturated heterocycles. The molecule has 9 heterocycles. The van der Waals surface area contributed by atoms with Gasteiger partial charge in [-0.05, 0) is 48.2 Å². The Bertz CT molecular complexity index is 4850. The molecule has 0 saturated carbocycles. The van der Waals surface area contributed by atoms with E-state index < -0.39 is 135 Å². The summed E-state index contributed by atoms with van der Waals surface area (Å²) in [6.45, 7) is 9.30. The van der Waals surface area contributed by atoms with Crippen LogP contribution in [0.15, 0.2) is 167 Å². The minimum absolute atomic E-state index is 0.0440. The number of ether oxygens (including phenoxy) is 3. The van der Waals surface area contributed by atoms with Crippen molar-refractivity contribution in [3.05, 3.63) is 184 Å². The second-order valence-corrected chi connectivity index (χ2v) is 28.6. The molecule has 3 aliphatic rings. The van der Waals surface area contributed by atoms with E-state index in [-0.39, 0.29) is 82.4 Å². The molecule has 4 N–H and O–H groups in total. The third-order valence-electron chi connectivity index (χ3n) is 16.1. The van der Waals surface area contributed by atoms with Crippen LogP contribution in [0.3, 0.4) is 0 Å². The number of amides is 3. The number of hydrogen-bond acceptors (Lipinski definition) is 26. The minimum atomic E-state index is -4.64. The second kappa shape index (κ2) is 37.5. The van der Waals surface area contributed by atoms with Crippen molar-refractivity contribution >= 4 is 109 Å². The summed E-state index contributed by atoms with van der Waals surface area (Å²) >= 11 is 5.67. The van der Waals surface area contributed by atoms with Gasteiger partial charge in [0.25, 0.3) is 17.7 Å². The molecule has 3 aliphatic heterocycles. The highest BCUT2D eigenvalue weighted by atomic mass is 32.5. The van der Waals surface area contributed by atoms with E-state index in [1.165, 1.54) is 98.2 Å². The van der Waals surface area contributed by atoms with E-state index in [0.29, 0.717) is 23.6 Å². The number of anilines is 3. The first kappa shape index (κ1) is 83.1.